The summed E-state index contributed by atoms with van der Waals surface area (Å²) in [6, 6.07) is 21.6. The van der Waals surface area contributed by atoms with Crippen LogP contribution in [-0.4, -0.2) is 26.6 Å². The van der Waals surface area contributed by atoms with Gasteiger partial charge in [-0.3, -0.25) is 9.69 Å². The van der Waals surface area contributed by atoms with E-state index in [1.165, 1.54) is 12.1 Å². The van der Waals surface area contributed by atoms with E-state index in [9.17, 15) is 18.8 Å². The molecule has 1 N–H and O–H groups in total. The number of anilines is 1. The van der Waals surface area contributed by atoms with Gasteiger partial charge in [-0.2, -0.15) is 0 Å². The number of aromatic hydroxyl groups is 1. The smallest absolute Gasteiger partial charge is 0.283 e. The predicted octanol–water partition coefficient (Wildman–Crippen LogP) is 3.98. The molecule has 6 heteroatoms. The topological polar surface area (TPSA) is 63.6 Å². The van der Waals surface area contributed by atoms with Crippen LogP contribution in [0.15, 0.2) is 78.9 Å². The van der Waals surface area contributed by atoms with Crippen LogP contribution in [0, 0.1) is 5.82 Å². The van der Waals surface area contributed by atoms with Crippen molar-refractivity contribution in [1.29, 1.82) is 0 Å². The third kappa shape index (κ3) is 3.99. The maximum Gasteiger partial charge on any atom is 0.283 e. The molecular formula is C23H20FNO3S. The molecule has 1 aliphatic heterocycles. The van der Waals surface area contributed by atoms with E-state index in [2.05, 4.69) is 0 Å². The molecule has 0 spiro atoms. The second-order valence-corrected chi connectivity index (χ2v) is 8.64. The lowest BCUT2D eigenvalue weighted by Crippen LogP contribution is -2.62. The van der Waals surface area contributed by atoms with Crippen molar-refractivity contribution in [2.75, 3.05) is 10.7 Å². The fourth-order valence-corrected chi connectivity index (χ4v) is 5.19. The summed E-state index contributed by atoms with van der Waals surface area (Å²) in [5.74, 6) is -0.117. The van der Waals surface area contributed by atoms with Gasteiger partial charge in [0.25, 0.3) is 5.91 Å². The molecule has 3 atom stereocenters. The highest BCUT2D eigenvalue weighted by Crippen LogP contribution is 2.43. The molecule has 0 radical (unpaired) electrons. The van der Waals surface area contributed by atoms with Crippen LogP contribution in [0.3, 0.4) is 0 Å². The number of rotatable bonds is 6. The van der Waals surface area contributed by atoms with Gasteiger partial charge in [-0.05, 0) is 58.7 Å². The van der Waals surface area contributed by atoms with Gasteiger partial charge in [-0.15, -0.1) is 0 Å². The fourth-order valence-electron chi connectivity index (χ4n) is 3.59. The third-order valence-corrected chi connectivity index (χ3v) is 6.74. The third-order valence-electron chi connectivity index (χ3n) is 5.10. The van der Waals surface area contributed by atoms with Crippen LogP contribution in [0.4, 0.5) is 10.1 Å². The number of nitrogens with zero attached hydrogens (tertiary/aromatic N) is 1. The largest absolute Gasteiger partial charge is 0.616 e. The standard InChI is InChI=1S/C23H20FNO3S/c24-18-8-10-19(11-9-18)25-21(17-6-12-20(26)13-7-17)22(23(25)27)29(28)15-14-16-4-2-1-3-5-16/h1-13,21-22,26H,14-15H2. The van der Waals surface area contributed by atoms with E-state index in [1.54, 1.807) is 41.3 Å². The molecule has 1 heterocycles. The number of hydrogen-bond donors (Lipinski definition) is 1. The minimum atomic E-state index is -1.37. The summed E-state index contributed by atoms with van der Waals surface area (Å²) in [6.07, 6.45) is 0.621. The monoisotopic (exact) mass is 409 g/mol. The van der Waals surface area contributed by atoms with Crippen molar-refractivity contribution in [1.82, 2.24) is 0 Å². The molecule has 3 aromatic carbocycles. The molecule has 4 nitrogen and oxygen atoms in total. The van der Waals surface area contributed by atoms with E-state index in [0.717, 1.165) is 11.1 Å². The van der Waals surface area contributed by atoms with Crippen molar-refractivity contribution in [2.24, 2.45) is 0 Å². The van der Waals surface area contributed by atoms with Crippen LogP contribution in [0.5, 0.6) is 5.75 Å². The van der Waals surface area contributed by atoms with Crippen molar-refractivity contribution in [3.8, 4) is 5.75 Å². The quantitative estimate of drug-likeness (QED) is 0.495. The van der Waals surface area contributed by atoms with Crippen molar-refractivity contribution in [3.63, 3.8) is 0 Å². The Morgan fingerprint density at radius 1 is 0.966 bits per heavy atom. The Bertz CT molecular complexity index is 979. The van der Waals surface area contributed by atoms with Crippen LogP contribution in [0.25, 0.3) is 0 Å². The molecule has 1 aliphatic rings. The van der Waals surface area contributed by atoms with Crippen LogP contribution in [-0.2, 0) is 22.4 Å². The lowest BCUT2D eigenvalue weighted by molar-refractivity contribution is -0.123. The van der Waals surface area contributed by atoms with Crippen LogP contribution < -0.4 is 4.90 Å². The van der Waals surface area contributed by atoms with Gasteiger partial charge in [0.1, 0.15) is 23.4 Å². The maximum atomic E-state index is 13.3. The first-order valence-electron chi connectivity index (χ1n) is 9.33. The molecule has 148 valence electrons. The zero-order valence-electron chi connectivity index (χ0n) is 15.6. The second kappa shape index (κ2) is 8.27. The molecule has 0 aliphatic carbocycles. The molecule has 0 bridgehead atoms. The lowest BCUT2D eigenvalue weighted by Gasteiger charge is -2.46. The molecular weight excluding hydrogens is 389 g/mol. The number of phenolic OH excluding ortho intramolecular Hbond substituents is 1. The zero-order valence-corrected chi connectivity index (χ0v) is 16.4. The number of phenols is 1. The number of carbonyl (C=O) groups is 1. The molecule has 1 saturated heterocycles. The number of carbonyl (C=O) groups excluding carboxylic acids is 1. The predicted molar refractivity (Wildman–Crippen MR) is 112 cm³/mol. The minimum absolute atomic E-state index is 0.120. The van der Waals surface area contributed by atoms with Crippen molar-refractivity contribution in [3.05, 3.63) is 95.8 Å². The first-order valence-corrected chi connectivity index (χ1v) is 10.7. The SMILES string of the molecule is O=C1C([S+]([O-])CCc2ccccc2)C(c2ccc(O)cc2)N1c1ccc(F)cc1. The van der Waals surface area contributed by atoms with Gasteiger partial charge in [-0.25, -0.2) is 4.39 Å². The van der Waals surface area contributed by atoms with E-state index in [4.69, 9.17) is 0 Å². The Morgan fingerprint density at radius 2 is 1.62 bits per heavy atom. The average molecular weight is 409 g/mol. The average Bonchev–Trinajstić information content (AvgIpc) is 2.73. The molecule has 3 unspecified atom stereocenters. The summed E-state index contributed by atoms with van der Waals surface area (Å²) in [5, 5.41) is 8.92. The second-order valence-electron chi connectivity index (χ2n) is 6.96. The molecule has 4 rings (SSSR count). The number of benzene rings is 3. The van der Waals surface area contributed by atoms with Gasteiger partial charge < -0.3 is 9.66 Å². The highest BCUT2D eigenvalue weighted by Gasteiger charge is 2.56. The van der Waals surface area contributed by atoms with Gasteiger partial charge in [0.05, 0.1) is 0 Å². The summed E-state index contributed by atoms with van der Waals surface area (Å²) < 4.78 is 26.4. The van der Waals surface area contributed by atoms with Crippen LogP contribution in [0.2, 0.25) is 0 Å². The number of hydrogen-bond acceptors (Lipinski definition) is 3. The zero-order chi connectivity index (χ0) is 20.4. The summed E-state index contributed by atoms with van der Waals surface area (Å²) in [4.78, 5) is 14.5. The van der Waals surface area contributed by atoms with Crippen LogP contribution >= 0.6 is 0 Å². The normalized spacial score (nSPS) is 19.7. The molecule has 29 heavy (non-hydrogen) atoms. The minimum Gasteiger partial charge on any atom is -0.616 e. The molecule has 1 amide bonds. The van der Waals surface area contributed by atoms with Crippen LogP contribution in [0.1, 0.15) is 17.2 Å². The number of halogens is 1. The van der Waals surface area contributed by atoms with E-state index in [1.807, 2.05) is 30.3 Å². The summed E-state index contributed by atoms with van der Waals surface area (Å²) in [7, 11) is 0. The Balaban J connectivity index is 1.59. The Labute approximate surface area is 171 Å². The summed E-state index contributed by atoms with van der Waals surface area (Å²) >= 11 is -1.37. The van der Waals surface area contributed by atoms with Crippen molar-refractivity contribution < 1.29 is 18.8 Å². The van der Waals surface area contributed by atoms with Crippen molar-refractivity contribution >= 4 is 22.8 Å². The Kier molecular flexibility index (Phi) is 5.56. The number of aryl methyl sites for hydroxylation is 1. The highest BCUT2D eigenvalue weighted by atomic mass is 32.2. The Morgan fingerprint density at radius 3 is 2.28 bits per heavy atom. The molecule has 0 aromatic heterocycles. The maximum absolute atomic E-state index is 13.3. The summed E-state index contributed by atoms with van der Waals surface area (Å²) in [5.41, 5.74) is 2.42. The van der Waals surface area contributed by atoms with Gasteiger partial charge in [0.2, 0.25) is 5.25 Å². The van der Waals surface area contributed by atoms with Gasteiger partial charge in [0, 0.05) is 12.1 Å². The highest BCUT2D eigenvalue weighted by molar-refractivity contribution is 7.93. The van der Waals surface area contributed by atoms with E-state index >= 15 is 0 Å². The Hall–Kier alpha value is -2.83. The van der Waals surface area contributed by atoms with Crippen molar-refractivity contribution in [2.45, 2.75) is 17.7 Å². The van der Waals surface area contributed by atoms with Gasteiger partial charge in [0.15, 0.2) is 0 Å². The molecule has 3 aromatic rings. The molecule has 0 saturated carbocycles. The van der Waals surface area contributed by atoms with E-state index < -0.39 is 22.5 Å². The first kappa shape index (κ1) is 19.5. The van der Waals surface area contributed by atoms with Gasteiger partial charge in [-0.1, -0.05) is 42.5 Å². The van der Waals surface area contributed by atoms with E-state index in [0.29, 0.717) is 17.9 Å². The van der Waals surface area contributed by atoms with E-state index in [-0.39, 0.29) is 17.5 Å². The fraction of sp³-hybridized carbons (Fsp3) is 0.174. The van der Waals surface area contributed by atoms with Gasteiger partial charge >= 0.3 is 0 Å². The number of β-lactam (4-membered cyclic amide) rings is 1. The summed E-state index contributed by atoms with van der Waals surface area (Å²) in [6.45, 7) is 0. The first-order chi connectivity index (χ1) is 14.0. The lowest BCUT2D eigenvalue weighted by atomic mass is 9.92. The number of amides is 1. The molecule has 1 fully saturated rings.